The molecule has 1 fully saturated rings. The van der Waals surface area contributed by atoms with E-state index >= 15 is 0 Å². The monoisotopic (exact) mass is 213 g/mol. The Morgan fingerprint density at radius 2 is 1.87 bits per heavy atom. The minimum atomic E-state index is 0.367. The van der Waals surface area contributed by atoms with E-state index in [0.717, 1.165) is 6.04 Å². The predicted molar refractivity (Wildman–Crippen MR) is 66.7 cm³/mol. The van der Waals surface area contributed by atoms with Crippen molar-refractivity contribution in [1.29, 1.82) is 0 Å². The van der Waals surface area contributed by atoms with Crippen molar-refractivity contribution in [2.24, 2.45) is 0 Å². The Morgan fingerprint density at radius 3 is 2.27 bits per heavy atom. The number of likely N-dealkylation sites (N-methyl/N-ethyl adjacent to an activating group) is 1. The third kappa shape index (κ3) is 2.54. The molecule has 0 aromatic heterocycles. The first kappa shape index (κ1) is 13.0. The average Bonchev–Trinajstić information content (AvgIpc) is 2.57. The molecule has 0 N–H and O–H groups in total. The van der Waals surface area contributed by atoms with Crippen LogP contribution in [0.2, 0.25) is 0 Å². The average molecular weight is 213 g/mol. The molecule has 15 heavy (non-hydrogen) atoms. The Labute approximate surface area is 95.8 Å². The summed E-state index contributed by atoms with van der Waals surface area (Å²) in [6.07, 6.45) is 2.53. The highest BCUT2D eigenvalue weighted by atomic mass is 15.5. The first-order chi connectivity index (χ1) is 6.88. The molecule has 1 unspecified atom stereocenters. The van der Waals surface area contributed by atoms with Crippen LogP contribution in [0, 0.1) is 0 Å². The summed E-state index contributed by atoms with van der Waals surface area (Å²) in [5.74, 6) is 0. The van der Waals surface area contributed by atoms with Gasteiger partial charge in [0.15, 0.2) is 0 Å². The topological polar surface area (TPSA) is 3.24 Å². The lowest BCUT2D eigenvalue weighted by atomic mass is 9.97. The summed E-state index contributed by atoms with van der Waals surface area (Å²) in [6.45, 7) is 15.5. The lowest BCUT2D eigenvalue weighted by Crippen LogP contribution is -2.49. The van der Waals surface area contributed by atoms with E-state index in [1.54, 1.807) is 0 Å². The van der Waals surface area contributed by atoms with Crippen LogP contribution < -0.4 is 0 Å². The highest BCUT2D eigenvalue weighted by Crippen LogP contribution is 2.30. The quantitative estimate of drug-likeness (QED) is 0.649. The van der Waals surface area contributed by atoms with E-state index in [-0.39, 0.29) is 0 Å². The fourth-order valence-corrected chi connectivity index (χ4v) is 2.62. The highest BCUT2D eigenvalue weighted by Gasteiger charge is 2.44. The van der Waals surface area contributed by atoms with Gasteiger partial charge in [-0.1, -0.05) is 13.8 Å². The maximum Gasteiger partial charge on any atom is 0.135 e. The first-order valence-corrected chi connectivity index (χ1v) is 6.49. The molecule has 1 saturated heterocycles. The number of quaternary nitrogens is 1. The molecular formula is C13H29N2+. The lowest BCUT2D eigenvalue weighted by Gasteiger charge is -2.37. The fourth-order valence-electron chi connectivity index (χ4n) is 2.62. The summed E-state index contributed by atoms with van der Waals surface area (Å²) >= 11 is 0. The van der Waals surface area contributed by atoms with Crippen LogP contribution in [0.3, 0.4) is 0 Å². The molecule has 0 spiro atoms. The zero-order valence-corrected chi connectivity index (χ0v) is 11.5. The Hall–Kier alpha value is -0.0800. The maximum atomic E-state index is 2.73. The van der Waals surface area contributed by atoms with Gasteiger partial charge in [-0.05, 0) is 33.6 Å². The molecule has 1 aliphatic heterocycles. The summed E-state index contributed by atoms with van der Waals surface area (Å²) in [4.78, 5) is 2.73. The van der Waals surface area contributed by atoms with E-state index in [2.05, 4.69) is 46.6 Å². The summed E-state index contributed by atoms with van der Waals surface area (Å²) < 4.78 is 1.22. The Bertz CT molecular complexity index is 213. The van der Waals surface area contributed by atoms with Crippen LogP contribution in [0.1, 0.15) is 47.5 Å². The second-order valence-electron chi connectivity index (χ2n) is 5.96. The number of hydrogen-bond acceptors (Lipinski definition) is 1. The SMILES string of the molecule is CCC1C[N@@+](C)(CC)CN1C(C)(C)CC. The minimum absolute atomic E-state index is 0.367. The molecule has 0 aromatic rings. The number of rotatable bonds is 4. The lowest BCUT2D eigenvalue weighted by molar-refractivity contribution is -0.901. The first-order valence-electron chi connectivity index (χ1n) is 6.49. The van der Waals surface area contributed by atoms with Crippen molar-refractivity contribution in [2.45, 2.75) is 59.0 Å². The second-order valence-corrected chi connectivity index (χ2v) is 5.96. The number of nitrogens with zero attached hydrogens (tertiary/aromatic N) is 2. The molecule has 0 radical (unpaired) electrons. The van der Waals surface area contributed by atoms with Crippen molar-refractivity contribution in [2.75, 3.05) is 26.8 Å². The normalized spacial score (nSPS) is 33.6. The minimum Gasteiger partial charge on any atom is -0.312 e. The predicted octanol–water partition coefficient (Wildman–Crippen LogP) is 2.69. The van der Waals surface area contributed by atoms with Crippen molar-refractivity contribution in [3.63, 3.8) is 0 Å². The van der Waals surface area contributed by atoms with Crippen molar-refractivity contribution < 1.29 is 4.48 Å². The van der Waals surface area contributed by atoms with Crippen molar-refractivity contribution >= 4 is 0 Å². The van der Waals surface area contributed by atoms with Gasteiger partial charge in [0.2, 0.25) is 0 Å². The van der Waals surface area contributed by atoms with Crippen LogP contribution >= 0.6 is 0 Å². The number of hydrogen-bond donors (Lipinski definition) is 0. The van der Waals surface area contributed by atoms with Gasteiger partial charge in [0, 0.05) is 5.54 Å². The van der Waals surface area contributed by atoms with Gasteiger partial charge >= 0.3 is 0 Å². The molecule has 90 valence electrons. The van der Waals surface area contributed by atoms with E-state index in [0.29, 0.717) is 5.54 Å². The molecular weight excluding hydrogens is 184 g/mol. The maximum absolute atomic E-state index is 2.73. The van der Waals surface area contributed by atoms with E-state index in [1.807, 2.05) is 0 Å². The van der Waals surface area contributed by atoms with Crippen LogP contribution in [0.4, 0.5) is 0 Å². The van der Waals surface area contributed by atoms with Crippen LogP contribution in [-0.4, -0.2) is 47.8 Å². The molecule has 1 rings (SSSR count). The Kier molecular flexibility index (Phi) is 3.83. The van der Waals surface area contributed by atoms with Crippen molar-refractivity contribution in [1.82, 2.24) is 4.90 Å². The van der Waals surface area contributed by atoms with Crippen LogP contribution in [0.25, 0.3) is 0 Å². The van der Waals surface area contributed by atoms with Crippen molar-refractivity contribution in [3.8, 4) is 0 Å². The standard InChI is InChI=1S/C13H29N2/c1-7-12-10-15(6,9-3)11-14(12)13(4,5)8-2/h12H,7-11H2,1-6H3/q+1/t12?,15-/m1/s1. The summed E-state index contributed by atoms with van der Waals surface area (Å²) in [6, 6.07) is 0.782. The molecule has 2 heteroatoms. The van der Waals surface area contributed by atoms with Gasteiger partial charge in [0.1, 0.15) is 6.67 Å². The molecule has 1 heterocycles. The molecule has 1 aliphatic rings. The second kappa shape index (κ2) is 4.42. The van der Waals surface area contributed by atoms with Crippen LogP contribution in [0.15, 0.2) is 0 Å². The van der Waals surface area contributed by atoms with E-state index < -0.39 is 0 Å². The molecule has 0 aliphatic carbocycles. The van der Waals surface area contributed by atoms with Gasteiger partial charge in [-0.2, -0.15) is 0 Å². The van der Waals surface area contributed by atoms with E-state index in [1.165, 1.54) is 37.1 Å². The van der Waals surface area contributed by atoms with Gasteiger partial charge < -0.3 is 4.48 Å². The van der Waals surface area contributed by atoms with Gasteiger partial charge in [-0.3, -0.25) is 0 Å². The third-order valence-electron chi connectivity index (χ3n) is 4.46. The Morgan fingerprint density at radius 1 is 1.27 bits per heavy atom. The van der Waals surface area contributed by atoms with Crippen LogP contribution in [-0.2, 0) is 0 Å². The zero-order chi connectivity index (χ0) is 11.7. The van der Waals surface area contributed by atoms with E-state index in [4.69, 9.17) is 0 Å². The smallest absolute Gasteiger partial charge is 0.135 e. The van der Waals surface area contributed by atoms with Gasteiger partial charge in [0.05, 0.1) is 26.2 Å². The molecule has 0 aromatic carbocycles. The van der Waals surface area contributed by atoms with E-state index in [9.17, 15) is 0 Å². The fraction of sp³-hybridized carbons (Fsp3) is 1.00. The zero-order valence-electron chi connectivity index (χ0n) is 11.5. The summed E-state index contributed by atoms with van der Waals surface area (Å²) in [5, 5.41) is 0. The molecule has 0 bridgehead atoms. The molecule has 2 atom stereocenters. The van der Waals surface area contributed by atoms with Gasteiger partial charge in [-0.15, -0.1) is 0 Å². The van der Waals surface area contributed by atoms with Crippen molar-refractivity contribution in [3.05, 3.63) is 0 Å². The third-order valence-corrected chi connectivity index (χ3v) is 4.46. The van der Waals surface area contributed by atoms with Crippen LogP contribution in [0.5, 0.6) is 0 Å². The highest BCUT2D eigenvalue weighted by molar-refractivity contribution is 4.86. The molecule has 0 saturated carbocycles. The molecule has 0 amide bonds. The summed E-state index contributed by atoms with van der Waals surface area (Å²) in [7, 11) is 2.40. The Balaban J connectivity index is 2.81. The van der Waals surface area contributed by atoms with Gasteiger partial charge in [-0.25, -0.2) is 4.90 Å². The molecule has 2 nitrogen and oxygen atoms in total. The largest absolute Gasteiger partial charge is 0.312 e. The summed E-state index contributed by atoms with van der Waals surface area (Å²) in [5.41, 5.74) is 0.367. The van der Waals surface area contributed by atoms with Gasteiger partial charge in [0.25, 0.3) is 0 Å².